The van der Waals surface area contributed by atoms with E-state index in [2.05, 4.69) is 51.3 Å². The lowest BCUT2D eigenvalue weighted by molar-refractivity contribution is 0.343. The molecule has 0 aliphatic heterocycles. The van der Waals surface area contributed by atoms with Gasteiger partial charge in [0, 0.05) is 55.4 Å². The van der Waals surface area contributed by atoms with Gasteiger partial charge in [0.25, 0.3) is 0 Å². The van der Waals surface area contributed by atoms with Crippen molar-refractivity contribution in [2.24, 2.45) is 0 Å². The first kappa shape index (κ1) is 23.2. The van der Waals surface area contributed by atoms with Gasteiger partial charge in [-0.05, 0) is 50.1 Å². The molecule has 6 heteroatoms. The van der Waals surface area contributed by atoms with Gasteiger partial charge in [-0.15, -0.1) is 0 Å². The molecule has 2 fully saturated rings. The molecule has 0 bridgehead atoms. The fourth-order valence-electron chi connectivity index (χ4n) is 3.70. The second-order valence-electron chi connectivity index (χ2n) is 8.53. The monoisotopic (exact) mass is 431 g/mol. The Kier molecular flexibility index (Phi) is 7.05. The molecule has 0 saturated heterocycles. The van der Waals surface area contributed by atoms with Crippen LogP contribution >= 0.6 is 0 Å². The van der Waals surface area contributed by atoms with E-state index in [4.69, 9.17) is 13.1 Å². The Hall–Kier alpha value is -3.51. The summed E-state index contributed by atoms with van der Waals surface area (Å²) in [6, 6.07) is 13.1. The minimum absolute atomic E-state index is 0.296. The predicted octanol–water partition coefficient (Wildman–Crippen LogP) is 6.43. The van der Waals surface area contributed by atoms with Gasteiger partial charge in [-0.1, -0.05) is 24.3 Å². The molecule has 166 valence electrons. The second-order valence-corrected chi connectivity index (χ2v) is 8.53. The number of aryl methyl sites for hydroxylation is 1. The van der Waals surface area contributed by atoms with E-state index in [1.54, 1.807) is 19.2 Å². The molecule has 0 unspecified atom stereocenters. The van der Waals surface area contributed by atoms with Crippen LogP contribution in [0.1, 0.15) is 49.7 Å². The zero-order valence-electron chi connectivity index (χ0n) is 18.8. The summed E-state index contributed by atoms with van der Waals surface area (Å²) in [7, 11) is 1.70. The van der Waals surface area contributed by atoms with Crippen molar-refractivity contribution in [3.63, 3.8) is 0 Å². The van der Waals surface area contributed by atoms with E-state index < -0.39 is 5.66 Å². The number of halogens is 1. The minimum atomic E-state index is -0.520. The van der Waals surface area contributed by atoms with Gasteiger partial charge < -0.3 is 16.0 Å². The molecular formula is C26H30FN5. The Bertz CT molecular complexity index is 1040. The van der Waals surface area contributed by atoms with Crippen molar-refractivity contribution in [2.75, 3.05) is 17.7 Å². The standard InChI is InChI=1S/C14H16FN3.C12H14N2/c1-10(16-2)12-6-5-11(9-13(12)15)18-14(17-3)7-4-8-14;1-10-4-6-11(7-5-10)14-12(13-2)8-3-9-12/h5-6,9,16,18H,1,4,7-8H2,2H3;4-7,14H,3,8-9H2,1H3. The van der Waals surface area contributed by atoms with Crippen molar-refractivity contribution in [3.8, 4) is 0 Å². The van der Waals surface area contributed by atoms with Crippen molar-refractivity contribution >= 4 is 17.1 Å². The van der Waals surface area contributed by atoms with Crippen LogP contribution in [0.4, 0.5) is 15.8 Å². The third kappa shape index (κ3) is 5.21. The van der Waals surface area contributed by atoms with Gasteiger partial charge in [0.05, 0.1) is 0 Å². The van der Waals surface area contributed by atoms with Gasteiger partial charge in [0.2, 0.25) is 0 Å². The zero-order chi connectivity index (χ0) is 23.2. The molecule has 0 radical (unpaired) electrons. The topological polar surface area (TPSA) is 44.8 Å². The fraction of sp³-hybridized carbons (Fsp3) is 0.385. The molecule has 0 amide bonds. The smallest absolute Gasteiger partial charge is 0.305 e. The highest BCUT2D eigenvalue weighted by Crippen LogP contribution is 2.37. The number of hydrogen-bond donors (Lipinski definition) is 3. The van der Waals surface area contributed by atoms with E-state index in [0.717, 1.165) is 37.8 Å². The molecule has 3 N–H and O–H groups in total. The molecular weight excluding hydrogens is 401 g/mol. The lowest BCUT2D eigenvalue weighted by atomic mass is 9.85. The van der Waals surface area contributed by atoms with Crippen molar-refractivity contribution in [1.82, 2.24) is 5.32 Å². The number of anilines is 2. The van der Waals surface area contributed by atoms with Crippen LogP contribution in [0, 0.1) is 25.9 Å². The quantitative estimate of drug-likeness (QED) is 0.462. The normalized spacial score (nSPS) is 17.0. The van der Waals surface area contributed by atoms with E-state index in [9.17, 15) is 4.39 Å². The number of hydrogen-bond acceptors (Lipinski definition) is 3. The van der Waals surface area contributed by atoms with Crippen molar-refractivity contribution in [1.29, 1.82) is 0 Å². The third-order valence-corrected chi connectivity index (χ3v) is 6.19. The van der Waals surface area contributed by atoms with Crippen LogP contribution in [0.5, 0.6) is 0 Å². The van der Waals surface area contributed by atoms with Gasteiger partial charge in [-0.25, -0.2) is 17.5 Å². The van der Waals surface area contributed by atoms with Crippen LogP contribution in [-0.2, 0) is 0 Å². The summed E-state index contributed by atoms with van der Waals surface area (Å²) in [6.45, 7) is 20.2. The van der Waals surface area contributed by atoms with E-state index >= 15 is 0 Å². The van der Waals surface area contributed by atoms with Crippen LogP contribution in [0.3, 0.4) is 0 Å². The average molecular weight is 432 g/mol. The molecule has 4 rings (SSSR count). The first-order chi connectivity index (χ1) is 15.3. The number of nitrogens with one attached hydrogen (secondary N) is 3. The average Bonchev–Trinajstić information content (AvgIpc) is 2.75. The predicted molar refractivity (Wildman–Crippen MR) is 129 cm³/mol. The molecule has 0 atom stereocenters. The van der Waals surface area contributed by atoms with Crippen LogP contribution in [-0.4, -0.2) is 18.4 Å². The molecule has 0 spiro atoms. The number of benzene rings is 2. The summed E-state index contributed by atoms with van der Waals surface area (Å²) in [5, 5.41) is 9.26. The van der Waals surface area contributed by atoms with E-state index in [0.29, 0.717) is 16.9 Å². The Balaban J connectivity index is 0.000000186. The molecule has 5 nitrogen and oxygen atoms in total. The lowest BCUT2D eigenvalue weighted by Gasteiger charge is -2.31. The maximum Gasteiger partial charge on any atom is 0.305 e. The van der Waals surface area contributed by atoms with E-state index in [1.165, 1.54) is 18.1 Å². The Labute approximate surface area is 190 Å². The summed E-state index contributed by atoms with van der Waals surface area (Å²) in [4.78, 5) is 7.29. The maximum atomic E-state index is 13.9. The molecule has 2 aromatic rings. The third-order valence-electron chi connectivity index (χ3n) is 6.19. The van der Waals surface area contributed by atoms with E-state index in [-0.39, 0.29) is 11.5 Å². The highest BCUT2D eigenvalue weighted by molar-refractivity contribution is 5.65. The summed E-state index contributed by atoms with van der Waals surface area (Å²) in [5.74, 6) is -0.334. The summed E-state index contributed by atoms with van der Waals surface area (Å²) in [5.41, 5.74) is 3.14. The summed E-state index contributed by atoms with van der Waals surface area (Å²) >= 11 is 0. The van der Waals surface area contributed by atoms with Gasteiger partial charge in [-0.2, -0.15) is 0 Å². The zero-order valence-corrected chi connectivity index (χ0v) is 18.8. The lowest BCUT2D eigenvalue weighted by Crippen LogP contribution is -2.41. The van der Waals surface area contributed by atoms with Gasteiger partial charge in [-0.3, -0.25) is 9.69 Å². The van der Waals surface area contributed by atoms with Crippen LogP contribution in [0.25, 0.3) is 15.4 Å². The summed E-state index contributed by atoms with van der Waals surface area (Å²) < 4.78 is 13.9. The van der Waals surface area contributed by atoms with Crippen LogP contribution in [0.15, 0.2) is 49.0 Å². The Morgan fingerprint density at radius 1 is 0.906 bits per heavy atom. The molecule has 2 aliphatic carbocycles. The van der Waals surface area contributed by atoms with Gasteiger partial charge >= 0.3 is 11.3 Å². The van der Waals surface area contributed by atoms with Gasteiger partial charge in [0.1, 0.15) is 5.82 Å². The van der Waals surface area contributed by atoms with Crippen molar-refractivity contribution in [3.05, 3.63) is 88.8 Å². The highest BCUT2D eigenvalue weighted by Gasteiger charge is 2.44. The van der Waals surface area contributed by atoms with Crippen LogP contribution in [0.2, 0.25) is 0 Å². The highest BCUT2D eigenvalue weighted by atomic mass is 19.1. The fourth-order valence-corrected chi connectivity index (χ4v) is 3.70. The molecule has 2 aromatic carbocycles. The molecule has 0 heterocycles. The van der Waals surface area contributed by atoms with Crippen molar-refractivity contribution < 1.29 is 4.39 Å². The maximum absolute atomic E-state index is 13.9. The first-order valence-corrected chi connectivity index (χ1v) is 10.9. The summed E-state index contributed by atoms with van der Waals surface area (Å²) in [6.07, 6.45) is 5.81. The Morgan fingerprint density at radius 3 is 1.81 bits per heavy atom. The van der Waals surface area contributed by atoms with E-state index in [1.807, 2.05) is 12.1 Å². The molecule has 2 aliphatic rings. The molecule has 32 heavy (non-hydrogen) atoms. The van der Waals surface area contributed by atoms with Crippen LogP contribution < -0.4 is 16.0 Å². The number of nitrogens with zero attached hydrogens (tertiary/aromatic N) is 2. The Morgan fingerprint density at radius 2 is 1.41 bits per heavy atom. The first-order valence-electron chi connectivity index (χ1n) is 10.9. The largest absolute Gasteiger partial charge is 0.388 e. The number of rotatable bonds is 6. The minimum Gasteiger partial charge on any atom is -0.388 e. The second kappa shape index (κ2) is 9.75. The molecule has 0 aromatic heterocycles. The van der Waals surface area contributed by atoms with Gasteiger partial charge in [0.15, 0.2) is 0 Å². The van der Waals surface area contributed by atoms with Crippen molar-refractivity contribution in [2.45, 2.75) is 56.8 Å². The SMILES string of the molecule is [C-]#[N+]C1(Nc2ccc(C(=C)NC)c(F)c2)CCC1.[C-]#[N+]C1(Nc2ccc(C)cc2)CCC1. The molecule has 2 saturated carbocycles.